The first-order chi connectivity index (χ1) is 8.13. The van der Waals surface area contributed by atoms with Crippen LogP contribution in [0.1, 0.15) is 19.0 Å². The molecule has 2 heterocycles. The van der Waals surface area contributed by atoms with Crippen molar-refractivity contribution in [1.29, 1.82) is 0 Å². The standard InChI is InChI=1S/C11H13BrN4O/c1-3-4-7-9(12)11(17)15-10(14-7)8-5-13-6-16(8)2/h5-6H,3-4H2,1-2H3,(H,14,15,17). The molecule has 90 valence electrons. The smallest absolute Gasteiger partial charge is 0.265 e. The fourth-order valence-electron chi connectivity index (χ4n) is 1.61. The maximum Gasteiger partial charge on any atom is 0.265 e. The zero-order chi connectivity index (χ0) is 12.4. The van der Waals surface area contributed by atoms with E-state index in [1.807, 2.05) is 11.6 Å². The molecule has 5 nitrogen and oxygen atoms in total. The Morgan fingerprint density at radius 3 is 2.88 bits per heavy atom. The van der Waals surface area contributed by atoms with Gasteiger partial charge in [0, 0.05) is 7.05 Å². The van der Waals surface area contributed by atoms with E-state index < -0.39 is 0 Å². The number of nitrogens with one attached hydrogen (secondary N) is 1. The molecule has 0 spiro atoms. The largest absolute Gasteiger partial charge is 0.331 e. The van der Waals surface area contributed by atoms with Crippen LogP contribution in [0.3, 0.4) is 0 Å². The Labute approximate surface area is 107 Å². The van der Waals surface area contributed by atoms with Gasteiger partial charge in [-0.25, -0.2) is 9.97 Å². The van der Waals surface area contributed by atoms with Crippen LogP contribution in [0, 0.1) is 0 Å². The van der Waals surface area contributed by atoms with Crippen LogP contribution >= 0.6 is 15.9 Å². The van der Waals surface area contributed by atoms with Crippen molar-refractivity contribution in [3.8, 4) is 11.5 Å². The number of rotatable bonds is 3. The highest BCUT2D eigenvalue weighted by molar-refractivity contribution is 9.10. The summed E-state index contributed by atoms with van der Waals surface area (Å²) < 4.78 is 2.34. The molecule has 0 aromatic carbocycles. The van der Waals surface area contributed by atoms with Gasteiger partial charge in [0.25, 0.3) is 5.56 Å². The molecule has 0 saturated carbocycles. The summed E-state index contributed by atoms with van der Waals surface area (Å²) in [5.74, 6) is 0.557. The van der Waals surface area contributed by atoms with Gasteiger partial charge in [-0.05, 0) is 22.4 Å². The molecular weight excluding hydrogens is 284 g/mol. The van der Waals surface area contributed by atoms with Gasteiger partial charge in [-0.1, -0.05) is 13.3 Å². The van der Waals surface area contributed by atoms with Crippen molar-refractivity contribution in [2.24, 2.45) is 7.05 Å². The lowest BCUT2D eigenvalue weighted by atomic mass is 10.2. The zero-order valence-electron chi connectivity index (χ0n) is 9.70. The number of aryl methyl sites for hydroxylation is 2. The van der Waals surface area contributed by atoms with Crippen molar-refractivity contribution in [1.82, 2.24) is 19.5 Å². The molecule has 17 heavy (non-hydrogen) atoms. The summed E-state index contributed by atoms with van der Waals surface area (Å²) in [4.78, 5) is 23.0. The van der Waals surface area contributed by atoms with E-state index in [1.165, 1.54) is 0 Å². The third-order valence-electron chi connectivity index (χ3n) is 2.48. The Hall–Kier alpha value is -1.43. The highest BCUT2D eigenvalue weighted by Crippen LogP contribution is 2.16. The highest BCUT2D eigenvalue weighted by atomic mass is 79.9. The van der Waals surface area contributed by atoms with E-state index in [0.29, 0.717) is 10.3 Å². The molecule has 0 unspecified atom stereocenters. The van der Waals surface area contributed by atoms with Gasteiger partial charge < -0.3 is 9.55 Å². The van der Waals surface area contributed by atoms with E-state index in [0.717, 1.165) is 24.2 Å². The summed E-state index contributed by atoms with van der Waals surface area (Å²) in [6, 6.07) is 0. The molecule has 0 fully saturated rings. The third kappa shape index (κ3) is 2.31. The second kappa shape index (κ2) is 4.83. The monoisotopic (exact) mass is 296 g/mol. The highest BCUT2D eigenvalue weighted by Gasteiger charge is 2.11. The average molecular weight is 297 g/mol. The Kier molecular flexibility index (Phi) is 3.42. The number of hydrogen-bond donors (Lipinski definition) is 1. The van der Waals surface area contributed by atoms with Crippen LogP contribution in [0.4, 0.5) is 0 Å². The van der Waals surface area contributed by atoms with Crippen LogP contribution in [0.25, 0.3) is 11.5 Å². The van der Waals surface area contributed by atoms with Crippen LogP contribution in [-0.4, -0.2) is 19.5 Å². The van der Waals surface area contributed by atoms with Gasteiger partial charge in [0.15, 0.2) is 5.82 Å². The predicted octanol–water partition coefficient (Wildman–Crippen LogP) is 1.89. The number of imidazole rings is 1. The maximum absolute atomic E-state index is 11.8. The van der Waals surface area contributed by atoms with Gasteiger partial charge in [0.2, 0.25) is 0 Å². The number of aromatic amines is 1. The van der Waals surface area contributed by atoms with E-state index >= 15 is 0 Å². The first-order valence-electron chi connectivity index (χ1n) is 5.39. The van der Waals surface area contributed by atoms with Crippen molar-refractivity contribution in [2.45, 2.75) is 19.8 Å². The molecule has 0 amide bonds. The summed E-state index contributed by atoms with van der Waals surface area (Å²) >= 11 is 3.27. The van der Waals surface area contributed by atoms with Crippen LogP contribution in [0.2, 0.25) is 0 Å². The fraction of sp³-hybridized carbons (Fsp3) is 0.364. The number of aromatic nitrogens is 4. The molecule has 0 aliphatic rings. The van der Waals surface area contributed by atoms with Gasteiger partial charge in [-0.2, -0.15) is 0 Å². The molecule has 0 radical (unpaired) electrons. The average Bonchev–Trinajstić information content (AvgIpc) is 2.71. The first-order valence-corrected chi connectivity index (χ1v) is 6.18. The van der Waals surface area contributed by atoms with Gasteiger partial charge in [-0.15, -0.1) is 0 Å². The Balaban J connectivity index is 2.57. The lowest BCUT2D eigenvalue weighted by Gasteiger charge is -2.06. The lowest BCUT2D eigenvalue weighted by molar-refractivity contribution is 0.849. The third-order valence-corrected chi connectivity index (χ3v) is 3.30. The summed E-state index contributed by atoms with van der Waals surface area (Å²) in [7, 11) is 1.86. The SMILES string of the molecule is CCCc1nc(-c2cncn2C)[nH]c(=O)c1Br. The number of H-pyrrole nitrogens is 1. The molecule has 2 aromatic rings. The quantitative estimate of drug-likeness (QED) is 0.941. The van der Waals surface area contributed by atoms with E-state index in [4.69, 9.17) is 0 Å². The van der Waals surface area contributed by atoms with E-state index in [9.17, 15) is 4.79 Å². The number of halogens is 1. The lowest BCUT2D eigenvalue weighted by Crippen LogP contribution is -2.14. The van der Waals surface area contributed by atoms with Gasteiger partial charge in [0.05, 0.1) is 18.2 Å². The minimum absolute atomic E-state index is 0.153. The molecule has 0 atom stereocenters. The van der Waals surface area contributed by atoms with Crippen LogP contribution < -0.4 is 5.56 Å². The fourth-order valence-corrected chi connectivity index (χ4v) is 2.00. The minimum Gasteiger partial charge on any atom is -0.331 e. The molecule has 0 saturated heterocycles. The molecule has 0 bridgehead atoms. The molecule has 2 rings (SSSR count). The van der Waals surface area contributed by atoms with E-state index in [2.05, 4.69) is 37.8 Å². The molecule has 0 aliphatic carbocycles. The molecule has 6 heteroatoms. The number of hydrogen-bond acceptors (Lipinski definition) is 3. The molecular formula is C11H13BrN4O. The zero-order valence-corrected chi connectivity index (χ0v) is 11.3. The first kappa shape index (κ1) is 12.0. The van der Waals surface area contributed by atoms with Gasteiger partial charge in [0.1, 0.15) is 10.2 Å². The maximum atomic E-state index is 11.8. The Morgan fingerprint density at radius 2 is 2.29 bits per heavy atom. The Morgan fingerprint density at radius 1 is 1.53 bits per heavy atom. The minimum atomic E-state index is -0.153. The second-order valence-electron chi connectivity index (χ2n) is 3.81. The molecule has 0 aliphatic heterocycles. The van der Waals surface area contributed by atoms with Crippen LogP contribution in [0.15, 0.2) is 21.8 Å². The molecule has 1 N–H and O–H groups in total. The normalized spacial score (nSPS) is 10.8. The van der Waals surface area contributed by atoms with Gasteiger partial charge >= 0.3 is 0 Å². The number of nitrogens with zero attached hydrogens (tertiary/aromatic N) is 3. The van der Waals surface area contributed by atoms with Crippen LogP contribution in [-0.2, 0) is 13.5 Å². The van der Waals surface area contributed by atoms with Crippen molar-refractivity contribution in [2.75, 3.05) is 0 Å². The van der Waals surface area contributed by atoms with Crippen molar-refractivity contribution in [3.05, 3.63) is 33.0 Å². The summed E-state index contributed by atoms with van der Waals surface area (Å²) in [6.45, 7) is 2.05. The summed E-state index contributed by atoms with van der Waals surface area (Å²) in [5, 5.41) is 0. The summed E-state index contributed by atoms with van der Waals surface area (Å²) in [6.07, 6.45) is 5.08. The van der Waals surface area contributed by atoms with E-state index in [1.54, 1.807) is 12.5 Å². The molecule has 2 aromatic heterocycles. The second-order valence-corrected chi connectivity index (χ2v) is 4.61. The van der Waals surface area contributed by atoms with Crippen molar-refractivity contribution < 1.29 is 0 Å². The Bertz CT molecular complexity index is 587. The van der Waals surface area contributed by atoms with Crippen molar-refractivity contribution in [3.63, 3.8) is 0 Å². The van der Waals surface area contributed by atoms with E-state index in [-0.39, 0.29) is 5.56 Å². The predicted molar refractivity (Wildman–Crippen MR) is 68.8 cm³/mol. The van der Waals surface area contributed by atoms with Crippen molar-refractivity contribution >= 4 is 15.9 Å². The summed E-state index contributed by atoms with van der Waals surface area (Å²) in [5.41, 5.74) is 1.43. The van der Waals surface area contributed by atoms with Gasteiger partial charge in [-0.3, -0.25) is 4.79 Å². The topological polar surface area (TPSA) is 63.6 Å². The van der Waals surface area contributed by atoms with Crippen LogP contribution in [0.5, 0.6) is 0 Å².